The molecule has 8 heteroatoms. The maximum absolute atomic E-state index is 12.1. The van der Waals surface area contributed by atoms with Gasteiger partial charge in [0, 0.05) is 11.4 Å². The van der Waals surface area contributed by atoms with E-state index >= 15 is 0 Å². The molecule has 1 aromatic carbocycles. The standard InChI is InChI=1S/C16H18BrN3O3S/c1-8-15(24-10(3)19-8)9(2)20-16(21)18-6-11-4-12(17)14-13(5-11)22-7-23-14/h4-5,9H,6-7H2,1-3H3,(H2,18,20,21)/t9-/m1/s1. The van der Waals surface area contributed by atoms with E-state index in [0.717, 1.165) is 25.6 Å². The smallest absolute Gasteiger partial charge is 0.315 e. The van der Waals surface area contributed by atoms with E-state index in [2.05, 4.69) is 31.5 Å². The highest BCUT2D eigenvalue weighted by Crippen LogP contribution is 2.39. The molecule has 0 aliphatic carbocycles. The number of hydrogen-bond donors (Lipinski definition) is 2. The van der Waals surface area contributed by atoms with E-state index in [1.807, 2.05) is 32.9 Å². The molecule has 0 bridgehead atoms. The summed E-state index contributed by atoms with van der Waals surface area (Å²) >= 11 is 5.05. The fraction of sp³-hybridized carbons (Fsp3) is 0.375. The van der Waals surface area contributed by atoms with Crippen molar-refractivity contribution in [2.75, 3.05) is 6.79 Å². The normalized spacial score (nSPS) is 13.7. The van der Waals surface area contributed by atoms with Crippen molar-refractivity contribution in [3.05, 3.63) is 37.7 Å². The number of aryl methyl sites for hydroxylation is 2. The molecule has 1 aliphatic heterocycles. The fourth-order valence-corrected chi connectivity index (χ4v) is 4.10. The molecule has 2 aromatic rings. The lowest BCUT2D eigenvalue weighted by Gasteiger charge is -2.14. The van der Waals surface area contributed by atoms with Gasteiger partial charge in [0.15, 0.2) is 11.5 Å². The Hall–Kier alpha value is -1.80. The number of amides is 2. The molecule has 0 unspecified atom stereocenters. The molecule has 2 heterocycles. The van der Waals surface area contributed by atoms with Crippen LogP contribution in [0, 0.1) is 13.8 Å². The van der Waals surface area contributed by atoms with Crippen molar-refractivity contribution in [1.82, 2.24) is 15.6 Å². The van der Waals surface area contributed by atoms with Crippen molar-refractivity contribution in [2.24, 2.45) is 0 Å². The number of halogens is 1. The molecule has 24 heavy (non-hydrogen) atoms. The van der Waals surface area contributed by atoms with Crippen LogP contribution in [0.1, 0.15) is 34.1 Å². The fourth-order valence-electron chi connectivity index (χ4n) is 2.57. The summed E-state index contributed by atoms with van der Waals surface area (Å²) in [6.45, 7) is 6.49. The first-order valence-electron chi connectivity index (χ1n) is 7.50. The number of thiazole rings is 1. The predicted molar refractivity (Wildman–Crippen MR) is 95.6 cm³/mol. The number of nitrogens with zero attached hydrogens (tertiary/aromatic N) is 1. The van der Waals surface area contributed by atoms with Crippen LogP contribution in [0.3, 0.4) is 0 Å². The van der Waals surface area contributed by atoms with E-state index < -0.39 is 0 Å². The minimum absolute atomic E-state index is 0.0836. The minimum Gasteiger partial charge on any atom is -0.454 e. The zero-order chi connectivity index (χ0) is 17.3. The highest BCUT2D eigenvalue weighted by Gasteiger charge is 2.19. The second kappa shape index (κ2) is 6.98. The topological polar surface area (TPSA) is 72.5 Å². The number of carbonyl (C=O) groups is 1. The Kier molecular flexibility index (Phi) is 4.96. The van der Waals surface area contributed by atoms with Crippen LogP contribution >= 0.6 is 27.3 Å². The first kappa shape index (κ1) is 17.0. The van der Waals surface area contributed by atoms with Crippen molar-refractivity contribution < 1.29 is 14.3 Å². The molecule has 0 fully saturated rings. The van der Waals surface area contributed by atoms with E-state index in [1.165, 1.54) is 0 Å². The molecule has 0 saturated heterocycles. The number of hydrogen-bond acceptors (Lipinski definition) is 5. The van der Waals surface area contributed by atoms with E-state index in [0.29, 0.717) is 18.0 Å². The van der Waals surface area contributed by atoms with Gasteiger partial charge in [0.1, 0.15) is 0 Å². The monoisotopic (exact) mass is 411 g/mol. The molecular formula is C16H18BrN3O3S. The van der Waals surface area contributed by atoms with Gasteiger partial charge in [-0.05, 0) is 54.4 Å². The summed E-state index contributed by atoms with van der Waals surface area (Å²) in [5.74, 6) is 1.39. The van der Waals surface area contributed by atoms with E-state index in [4.69, 9.17) is 9.47 Å². The van der Waals surface area contributed by atoms with E-state index in [1.54, 1.807) is 11.3 Å². The highest BCUT2D eigenvalue weighted by molar-refractivity contribution is 9.10. The summed E-state index contributed by atoms with van der Waals surface area (Å²) in [5, 5.41) is 6.80. The molecule has 0 spiro atoms. The predicted octanol–water partition coefficient (Wildman–Crippen LogP) is 3.81. The number of aromatic nitrogens is 1. The summed E-state index contributed by atoms with van der Waals surface area (Å²) in [4.78, 5) is 17.6. The second-order valence-electron chi connectivity index (χ2n) is 5.54. The van der Waals surface area contributed by atoms with Crippen LogP contribution < -0.4 is 20.1 Å². The number of benzene rings is 1. The third kappa shape index (κ3) is 3.64. The van der Waals surface area contributed by atoms with Crippen LogP contribution in [0.2, 0.25) is 0 Å². The first-order valence-corrected chi connectivity index (χ1v) is 9.11. The Bertz CT molecular complexity index is 778. The summed E-state index contributed by atoms with van der Waals surface area (Å²) < 4.78 is 11.5. The van der Waals surface area contributed by atoms with Crippen LogP contribution in [0.4, 0.5) is 4.79 Å². The molecule has 128 valence electrons. The summed E-state index contributed by atoms with van der Waals surface area (Å²) in [7, 11) is 0. The van der Waals surface area contributed by atoms with Gasteiger partial charge in [0.2, 0.25) is 6.79 Å². The van der Waals surface area contributed by atoms with Gasteiger partial charge >= 0.3 is 6.03 Å². The minimum atomic E-state index is -0.221. The number of urea groups is 1. The summed E-state index contributed by atoms with van der Waals surface area (Å²) in [5.41, 5.74) is 1.89. The van der Waals surface area contributed by atoms with E-state index in [-0.39, 0.29) is 18.9 Å². The van der Waals surface area contributed by atoms with Crippen LogP contribution in [0.25, 0.3) is 0 Å². The van der Waals surface area contributed by atoms with Crippen LogP contribution in [0.15, 0.2) is 16.6 Å². The van der Waals surface area contributed by atoms with Gasteiger partial charge in [-0.25, -0.2) is 9.78 Å². The van der Waals surface area contributed by atoms with Gasteiger partial charge in [-0.1, -0.05) is 0 Å². The molecule has 1 aromatic heterocycles. The molecule has 2 amide bonds. The van der Waals surface area contributed by atoms with Gasteiger partial charge in [-0.15, -0.1) is 11.3 Å². The largest absolute Gasteiger partial charge is 0.454 e. The number of nitrogens with one attached hydrogen (secondary N) is 2. The van der Waals surface area contributed by atoms with Crippen LogP contribution in [-0.2, 0) is 6.54 Å². The number of carbonyl (C=O) groups excluding carboxylic acids is 1. The maximum atomic E-state index is 12.1. The number of fused-ring (bicyclic) bond motifs is 1. The molecule has 2 N–H and O–H groups in total. The van der Waals surface area contributed by atoms with Crippen molar-refractivity contribution in [3.8, 4) is 11.5 Å². The molecular weight excluding hydrogens is 394 g/mol. The summed E-state index contributed by atoms with van der Waals surface area (Å²) in [6, 6.07) is 3.47. The third-order valence-corrected chi connectivity index (χ3v) is 5.46. The average molecular weight is 412 g/mol. The zero-order valence-corrected chi connectivity index (χ0v) is 16.0. The quantitative estimate of drug-likeness (QED) is 0.801. The van der Waals surface area contributed by atoms with Gasteiger partial charge in [0.25, 0.3) is 0 Å². The lowest BCUT2D eigenvalue weighted by atomic mass is 10.2. The lowest BCUT2D eigenvalue weighted by molar-refractivity contribution is 0.173. The Labute approximate surface area is 152 Å². The maximum Gasteiger partial charge on any atom is 0.315 e. The second-order valence-corrected chi connectivity index (χ2v) is 7.63. The molecule has 1 atom stereocenters. The molecule has 1 aliphatic rings. The van der Waals surface area contributed by atoms with Crippen molar-refractivity contribution >= 4 is 33.3 Å². The zero-order valence-electron chi connectivity index (χ0n) is 13.6. The molecule has 3 rings (SSSR count). The Morgan fingerprint density at radius 3 is 2.92 bits per heavy atom. The van der Waals surface area contributed by atoms with Gasteiger partial charge < -0.3 is 20.1 Å². The highest BCUT2D eigenvalue weighted by atomic mass is 79.9. The van der Waals surface area contributed by atoms with E-state index in [9.17, 15) is 4.79 Å². The summed E-state index contributed by atoms with van der Waals surface area (Å²) in [6.07, 6.45) is 0. The first-order chi connectivity index (χ1) is 11.4. The average Bonchev–Trinajstić information content (AvgIpc) is 3.11. The molecule has 0 saturated carbocycles. The third-order valence-electron chi connectivity index (χ3n) is 3.62. The number of ether oxygens (including phenoxy) is 2. The molecule has 6 nitrogen and oxygen atoms in total. The van der Waals surface area contributed by atoms with Gasteiger partial charge in [-0.2, -0.15) is 0 Å². The van der Waals surface area contributed by atoms with Gasteiger partial charge in [-0.3, -0.25) is 0 Å². The Morgan fingerprint density at radius 1 is 1.42 bits per heavy atom. The van der Waals surface area contributed by atoms with Crippen molar-refractivity contribution in [1.29, 1.82) is 0 Å². The van der Waals surface area contributed by atoms with Crippen molar-refractivity contribution in [3.63, 3.8) is 0 Å². The SMILES string of the molecule is Cc1nc(C)c([C@@H](C)NC(=O)NCc2cc(Br)c3c(c2)OCO3)s1. The Morgan fingerprint density at radius 2 is 2.21 bits per heavy atom. The Balaban J connectivity index is 1.58. The number of rotatable bonds is 4. The van der Waals surface area contributed by atoms with Crippen LogP contribution in [0.5, 0.6) is 11.5 Å². The molecule has 0 radical (unpaired) electrons. The van der Waals surface area contributed by atoms with Crippen molar-refractivity contribution in [2.45, 2.75) is 33.4 Å². The van der Waals surface area contributed by atoms with Crippen LogP contribution in [-0.4, -0.2) is 17.8 Å². The van der Waals surface area contributed by atoms with Gasteiger partial charge in [0.05, 0.1) is 21.2 Å². The lowest BCUT2D eigenvalue weighted by Crippen LogP contribution is -2.36.